The van der Waals surface area contributed by atoms with Gasteiger partial charge in [-0.2, -0.15) is 0 Å². The van der Waals surface area contributed by atoms with Crippen LogP contribution in [0, 0.1) is 0 Å². The molecule has 0 saturated carbocycles. The second-order valence-corrected chi connectivity index (χ2v) is 9.39. The van der Waals surface area contributed by atoms with E-state index in [1.807, 2.05) is 11.3 Å². The predicted molar refractivity (Wildman–Crippen MR) is 86.1 cm³/mol. The fourth-order valence-corrected chi connectivity index (χ4v) is 5.96. The summed E-state index contributed by atoms with van der Waals surface area (Å²) in [6.45, 7) is 0. The van der Waals surface area contributed by atoms with Crippen LogP contribution in [0.5, 0.6) is 0 Å². The number of nitrogens with zero attached hydrogens (tertiary/aromatic N) is 1. The van der Waals surface area contributed by atoms with Crippen molar-refractivity contribution in [2.45, 2.75) is 0 Å². The summed E-state index contributed by atoms with van der Waals surface area (Å²) in [6, 6.07) is 15.0. The van der Waals surface area contributed by atoms with E-state index in [2.05, 4.69) is 84.7 Å². The third-order valence-corrected chi connectivity index (χ3v) is 6.46. The van der Waals surface area contributed by atoms with Crippen molar-refractivity contribution in [3.05, 3.63) is 48.7 Å². The van der Waals surface area contributed by atoms with Crippen LogP contribution in [0.1, 0.15) is 0 Å². The predicted octanol–water partition coefficient (Wildman–Crippen LogP) is 3.65. The van der Waals surface area contributed by atoms with Crippen molar-refractivity contribution in [3.63, 3.8) is 0 Å². The standard InChI is InChI=1S/C13H8BBr2NS/c15-14(16)12-9-5-1-2-7-11(9)18-13(12)10-6-3-4-8-17(10)14/h1-8H. The number of rotatable bonds is 0. The first kappa shape index (κ1) is 11.2. The fraction of sp³-hybridized carbons (Fsp3) is 0. The molecule has 18 heavy (non-hydrogen) atoms. The summed E-state index contributed by atoms with van der Waals surface area (Å²) in [5, 5.41) is 1.34. The Morgan fingerprint density at radius 1 is 1.00 bits per heavy atom. The molecule has 4 rings (SSSR count). The molecule has 0 fully saturated rings. The number of hydrogen-bond donors (Lipinski definition) is 0. The summed E-state index contributed by atoms with van der Waals surface area (Å²) in [5.74, 6) is 0. The molecule has 2 aromatic heterocycles. The highest BCUT2D eigenvalue weighted by atomic mass is 79.9. The van der Waals surface area contributed by atoms with Crippen LogP contribution < -0.4 is 9.94 Å². The quantitative estimate of drug-likeness (QED) is 0.524. The number of aromatic nitrogens is 1. The molecule has 0 N–H and O–H groups in total. The topological polar surface area (TPSA) is 3.88 Å². The summed E-state index contributed by atoms with van der Waals surface area (Å²) >= 11 is 9.64. The molecule has 0 radical (unpaired) electrons. The minimum Gasteiger partial charge on any atom is -0.396 e. The second kappa shape index (κ2) is 3.68. The first-order chi connectivity index (χ1) is 8.69. The molecule has 0 amide bonds. The molecule has 3 heterocycles. The summed E-state index contributed by atoms with van der Waals surface area (Å²) in [5.41, 5.74) is 2.66. The van der Waals surface area contributed by atoms with Crippen LogP contribution in [0.15, 0.2) is 48.7 Å². The van der Waals surface area contributed by atoms with Crippen LogP contribution in [0.4, 0.5) is 0 Å². The van der Waals surface area contributed by atoms with Gasteiger partial charge in [0.25, 0.3) is 0 Å². The maximum atomic E-state index is 3.89. The lowest BCUT2D eigenvalue weighted by Crippen LogP contribution is -2.59. The number of fused-ring (bicyclic) bond motifs is 5. The number of thiophene rings is 1. The second-order valence-electron chi connectivity index (χ2n) is 4.46. The minimum atomic E-state index is -1.05. The van der Waals surface area contributed by atoms with Gasteiger partial charge < -0.3 is 4.48 Å². The number of halogens is 2. The molecule has 0 saturated heterocycles. The van der Waals surface area contributed by atoms with Gasteiger partial charge in [-0.1, -0.05) is 29.7 Å². The third-order valence-electron chi connectivity index (χ3n) is 3.45. The van der Waals surface area contributed by atoms with Gasteiger partial charge in [0, 0.05) is 10.8 Å². The van der Waals surface area contributed by atoms with Gasteiger partial charge >= 0.3 is 3.93 Å². The zero-order chi connectivity index (χ0) is 12.3. The van der Waals surface area contributed by atoms with Crippen LogP contribution in [0.2, 0.25) is 0 Å². The highest BCUT2D eigenvalue weighted by molar-refractivity contribution is 9.51. The highest BCUT2D eigenvalue weighted by Gasteiger charge is 2.44. The molecule has 5 heteroatoms. The van der Waals surface area contributed by atoms with Crippen LogP contribution in [0.25, 0.3) is 20.7 Å². The molecule has 1 aromatic carbocycles. The summed E-state index contributed by atoms with van der Waals surface area (Å²) < 4.78 is 2.58. The molecule has 0 aliphatic carbocycles. The number of benzene rings is 1. The first-order valence-corrected chi connectivity index (χ1v) is 8.39. The van der Waals surface area contributed by atoms with Gasteiger partial charge in [-0.15, -0.1) is 11.3 Å². The van der Waals surface area contributed by atoms with Crippen molar-refractivity contribution in [2.75, 3.05) is 0 Å². The van der Waals surface area contributed by atoms with Gasteiger partial charge in [0.15, 0.2) is 5.69 Å². The molecule has 0 spiro atoms. The van der Waals surface area contributed by atoms with E-state index in [1.165, 1.54) is 26.1 Å². The van der Waals surface area contributed by atoms with Crippen molar-refractivity contribution in [1.82, 2.24) is 0 Å². The van der Waals surface area contributed by atoms with E-state index < -0.39 is 3.93 Å². The number of pyridine rings is 1. The lowest BCUT2D eigenvalue weighted by atomic mass is 9.82. The third kappa shape index (κ3) is 1.30. The molecule has 88 valence electrons. The van der Waals surface area contributed by atoms with E-state index in [-0.39, 0.29) is 0 Å². The van der Waals surface area contributed by atoms with Crippen molar-refractivity contribution in [3.8, 4) is 10.6 Å². The van der Waals surface area contributed by atoms with Gasteiger partial charge in [-0.05, 0) is 17.5 Å². The van der Waals surface area contributed by atoms with Crippen molar-refractivity contribution >= 4 is 62.3 Å². The van der Waals surface area contributed by atoms with Crippen LogP contribution >= 0.6 is 42.9 Å². The van der Waals surface area contributed by atoms with Gasteiger partial charge in [-0.3, -0.25) is 0 Å². The zero-order valence-electron chi connectivity index (χ0n) is 9.31. The Morgan fingerprint density at radius 2 is 1.78 bits per heavy atom. The van der Waals surface area contributed by atoms with E-state index in [0.29, 0.717) is 0 Å². The van der Waals surface area contributed by atoms with Crippen molar-refractivity contribution in [1.29, 1.82) is 0 Å². The SMILES string of the molecule is Br[B-]1(Br)c2c(sc3ccccc23)-c2cccc[n+]21. The van der Waals surface area contributed by atoms with Crippen molar-refractivity contribution in [2.24, 2.45) is 0 Å². The molecular weight excluding hydrogens is 373 g/mol. The molecule has 0 atom stereocenters. The van der Waals surface area contributed by atoms with E-state index in [9.17, 15) is 0 Å². The molecule has 1 aliphatic heterocycles. The zero-order valence-corrected chi connectivity index (χ0v) is 13.3. The Morgan fingerprint density at radius 3 is 2.67 bits per heavy atom. The van der Waals surface area contributed by atoms with Gasteiger partial charge in [0.2, 0.25) is 0 Å². The van der Waals surface area contributed by atoms with E-state index in [4.69, 9.17) is 0 Å². The van der Waals surface area contributed by atoms with Crippen LogP contribution in [0.3, 0.4) is 0 Å². The average Bonchev–Trinajstić information content (AvgIpc) is 2.86. The van der Waals surface area contributed by atoms with Crippen LogP contribution in [-0.2, 0) is 0 Å². The Bertz CT molecular complexity index is 782. The normalized spacial score (nSPS) is 15.7. The summed E-state index contributed by atoms with van der Waals surface area (Å²) in [4.78, 5) is 1.37. The molecule has 1 aliphatic rings. The average molecular weight is 381 g/mol. The van der Waals surface area contributed by atoms with Gasteiger partial charge in [0.1, 0.15) is 6.20 Å². The summed E-state index contributed by atoms with van der Waals surface area (Å²) in [6.07, 6.45) is 2.13. The maximum absolute atomic E-state index is 3.89. The smallest absolute Gasteiger partial charge is 0.396 e. The van der Waals surface area contributed by atoms with Gasteiger partial charge in [-0.25, -0.2) is 31.5 Å². The van der Waals surface area contributed by atoms with E-state index in [1.54, 1.807) is 0 Å². The lowest BCUT2D eigenvalue weighted by molar-refractivity contribution is -0.516. The van der Waals surface area contributed by atoms with Gasteiger partial charge in [0.05, 0.1) is 4.88 Å². The molecule has 3 aromatic rings. The monoisotopic (exact) mass is 379 g/mol. The Kier molecular flexibility index (Phi) is 2.29. The largest absolute Gasteiger partial charge is 0.429 e. The van der Waals surface area contributed by atoms with E-state index >= 15 is 0 Å². The Balaban J connectivity index is 2.20. The maximum Gasteiger partial charge on any atom is 0.429 e. The Hall–Kier alpha value is -0.645. The molecular formula is C13H8BBr2NS. The summed E-state index contributed by atoms with van der Waals surface area (Å²) in [7, 11) is 0. The molecule has 0 bridgehead atoms. The minimum absolute atomic E-state index is 1.05. The Labute approximate surface area is 125 Å². The first-order valence-electron chi connectivity index (χ1n) is 5.74. The van der Waals surface area contributed by atoms with E-state index in [0.717, 1.165) is 0 Å². The highest BCUT2D eigenvalue weighted by Crippen LogP contribution is 2.39. The number of hydrogen-bond acceptors (Lipinski definition) is 1. The lowest BCUT2D eigenvalue weighted by Gasteiger charge is -2.17. The van der Waals surface area contributed by atoms with Crippen LogP contribution in [-0.4, -0.2) is 3.93 Å². The molecule has 0 unspecified atom stereocenters. The fourth-order valence-electron chi connectivity index (χ4n) is 2.67. The van der Waals surface area contributed by atoms with Crippen molar-refractivity contribution < 1.29 is 4.48 Å². The molecule has 1 nitrogen and oxygen atoms in total.